The molecular formula is C23H23ClN2O2S. The first-order valence-electron chi connectivity index (χ1n) is 9.92. The Hall–Kier alpha value is -2.37. The number of halogens is 1. The minimum Gasteiger partial charge on any atom is -0.325 e. The maximum atomic E-state index is 13.0. The van der Waals surface area contributed by atoms with E-state index in [1.54, 1.807) is 6.07 Å². The molecule has 0 spiro atoms. The molecule has 2 aromatic heterocycles. The molecule has 0 radical (unpaired) electrons. The molecule has 2 heterocycles. The number of aryl methyl sites for hydroxylation is 1. The van der Waals surface area contributed by atoms with Gasteiger partial charge in [0.25, 0.3) is 11.5 Å². The maximum absolute atomic E-state index is 13.0. The molecule has 1 aliphatic carbocycles. The summed E-state index contributed by atoms with van der Waals surface area (Å²) in [4.78, 5) is 29.9. The average Bonchev–Trinajstić information content (AvgIpc) is 3.16. The number of anilines is 1. The van der Waals surface area contributed by atoms with Crippen LogP contribution in [0, 0.1) is 6.92 Å². The third kappa shape index (κ3) is 4.46. The van der Waals surface area contributed by atoms with Crippen LogP contribution in [0.25, 0.3) is 10.4 Å². The highest BCUT2D eigenvalue weighted by Crippen LogP contribution is 2.36. The van der Waals surface area contributed by atoms with E-state index >= 15 is 0 Å². The van der Waals surface area contributed by atoms with Crippen molar-refractivity contribution in [2.75, 3.05) is 5.32 Å². The van der Waals surface area contributed by atoms with Crippen LogP contribution in [0.3, 0.4) is 0 Å². The molecule has 150 valence electrons. The third-order valence-corrected chi connectivity index (χ3v) is 6.74. The molecule has 1 fully saturated rings. The quantitative estimate of drug-likeness (QED) is 0.509. The Morgan fingerprint density at radius 3 is 2.48 bits per heavy atom. The van der Waals surface area contributed by atoms with Gasteiger partial charge in [0, 0.05) is 21.8 Å². The van der Waals surface area contributed by atoms with Gasteiger partial charge in [0.15, 0.2) is 0 Å². The maximum Gasteiger partial charge on any atom is 0.261 e. The molecule has 0 bridgehead atoms. The number of benzene rings is 1. The van der Waals surface area contributed by atoms with Gasteiger partial charge in [0.2, 0.25) is 0 Å². The lowest BCUT2D eigenvalue weighted by atomic mass is 9.86. The summed E-state index contributed by atoms with van der Waals surface area (Å²) in [6.45, 7) is 1.99. The fraction of sp³-hybridized carbons (Fsp3) is 0.304. The van der Waals surface area contributed by atoms with Gasteiger partial charge in [-0.15, -0.1) is 11.3 Å². The number of pyridine rings is 1. The normalized spacial score (nSPS) is 14.7. The molecule has 4 rings (SSSR count). The van der Waals surface area contributed by atoms with Crippen molar-refractivity contribution in [1.82, 2.24) is 4.98 Å². The molecule has 6 heteroatoms. The predicted molar refractivity (Wildman–Crippen MR) is 120 cm³/mol. The molecule has 4 nitrogen and oxygen atoms in total. The van der Waals surface area contributed by atoms with E-state index in [1.165, 1.54) is 30.6 Å². The minimum absolute atomic E-state index is 0.128. The Balaban J connectivity index is 1.76. The fourth-order valence-electron chi connectivity index (χ4n) is 3.92. The standard InChI is InChI=1S/C23H23ClN2O2S/c1-14-7-9-16(10-8-14)25-22(27)21-17(19-11-12-20(24)29-19)13-18(26-23(21)28)15-5-3-2-4-6-15/h7-13,15H,2-6H2,1H3,(H,25,27)(H,26,28). The summed E-state index contributed by atoms with van der Waals surface area (Å²) < 4.78 is 0.629. The second-order valence-electron chi connectivity index (χ2n) is 7.60. The van der Waals surface area contributed by atoms with Gasteiger partial charge in [-0.3, -0.25) is 9.59 Å². The van der Waals surface area contributed by atoms with Crippen LogP contribution in [0.2, 0.25) is 4.34 Å². The molecule has 29 heavy (non-hydrogen) atoms. The van der Waals surface area contributed by atoms with Crippen LogP contribution in [0.4, 0.5) is 5.69 Å². The van der Waals surface area contributed by atoms with Crippen LogP contribution in [-0.4, -0.2) is 10.9 Å². The number of H-pyrrole nitrogens is 1. The molecule has 0 atom stereocenters. The summed E-state index contributed by atoms with van der Waals surface area (Å²) in [5, 5.41) is 2.85. The monoisotopic (exact) mass is 426 g/mol. The highest BCUT2D eigenvalue weighted by molar-refractivity contribution is 7.19. The number of nitrogens with one attached hydrogen (secondary N) is 2. The van der Waals surface area contributed by atoms with Gasteiger partial charge in [-0.2, -0.15) is 0 Å². The number of carbonyl (C=O) groups is 1. The summed E-state index contributed by atoms with van der Waals surface area (Å²) in [5.41, 5.74) is 3.11. The predicted octanol–water partition coefficient (Wildman–Crippen LogP) is 6.37. The van der Waals surface area contributed by atoms with Gasteiger partial charge in [0.1, 0.15) is 5.56 Å². The lowest BCUT2D eigenvalue weighted by Gasteiger charge is -2.22. The van der Waals surface area contributed by atoms with Gasteiger partial charge in [0.05, 0.1) is 4.34 Å². The molecule has 0 saturated heterocycles. The first-order valence-corrected chi connectivity index (χ1v) is 11.1. The van der Waals surface area contributed by atoms with Crippen molar-refractivity contribution in [2.45, 2.75) is 44.9 Å². The molecule has 3 aromatic rings. The highest BCUT2D eigenvalue weighted by Gasteiger charge is 2.23. The molecule has 0 aliphatic heterocycles. The van der Waals surface area contributed by atoms with E-state index in [9.17, 15) is 9.59 Å². The fourth-order valence-corrected chi connectivity index (χ4v) is 4.99. The highest BCUT2D eigenvalue weighted by atomic mass is 35.5. The average molecular weight is 427 g/mol. The zero-order chi connectivity index (χ0) is 20.4. The van der Waals surface area contributed by atoms with Crippen LogP contribution >= 0.6 is 22.9 Å². The number of hydrogen-bond donors (Lipinski definition) is 2. The molecule has 1 aromatic carbocycles. The molecule has 1 amide bonds. The number of aromatic nitrogens is 1. The van der Waals surface area contributed by atoms with Crippen molar-refractivity contribution in [3.8, 4) is 10.4 Å². The first-order chi connectivity index (χ1) is 14.0. The van der Waals surface area contributed by atoms with Gasteiger partial charge in [-0.05, 0) is 56.0 Å². The smallest absolute Gasteiger partial charge is 0.261 e. The number of amides is 1. The lowest BCUT2D eigenvalue weighted by molar-refractivity contribution is 0.102. The molecule has 1 saturated carbocycles. The van der Waals surface area contributed by atoms with Gasteiger partial charge < -0.3 is 10.3 Å². The van der Waals surface area contributed by atoms with Crippen LogP contribution in [0.5, 0.6) is 0 Å². The van der Waals surface area contributed by atoms with Crippen molar-refractivity contribution in [3.05, 3.63) is 74.0 Å². The SMILES string of the molecule is Cc1ccc(NC(=O)c2c(-c3ccc(Cl)s3)cc(C3CCCCC3)[nH]c2=O)cc1. The summed E-state index contributed by atoms with van der Waals surface area (Å²) in [6, 6.07) is 13.2. The first kappa shape index (κ1) is 19.9. The second kappa shape index (κ2) is 8.56. The number of hydrogen-bond acceptors (Lipinski definition) is 3. The van der Waals surface area contributed by atoms with E-state index in [0.717, 1.165) is 29.0 Å². The molecular weight excluding hydrogens is 404 g/mol. The van der Waals surface area contributed by atoms with Gasteiger partial charge in [-0.1, -0.05) is 48.6 Å². The zero-order valence-corrected chi connectivity index (χ0v) is 17.8. The Kier molecular flexibility index (Phi) is 5.88. The van der Waals surface area contributed by atoms with Crippen molar-refractivity contribution < 1.29 is 4.79 Å². The Morgan fingerprint density at radius 1 is 1.10 bits per heavy atom. The van der Waals surface area contributed by atoms with E-state index in [-0.39, 0.29) is 11.1 Å². The number of aromatic amines is 1. The lowest BCUT2D eigenvalue weighted by Crippen LogP contribution is -2.26. The molecule has 1 aliphatic rings. The summed E-state index contributed by atoms with van der Waals surface area (Å²) in [6.07, 6.45) is 5.71. The van der Waals surface area contributed by atoms with Crippen LogP contribution < -0.4 is 10.9 Å². The Bertz CT molecular complexity index is 1080. The van der Waals surface area contributed by atoms with E-state index in [4.69, 9.17) is 11.6 Å². The van der Waals surface area contributed by atoms with E-state index in [0.29, 0.717) is 21.5 Å². The Labute approximate surface area is 178 Å². The van der Waals surface area contributed by atoms with Crippen molar-refractivity contribution in [3.63, 3.8) is 0 Å². The van der Waals surface area contributed by atoms with Crippen LogP contribution in [-0.2, 0) is 0 Å². The number of thiophene rings is 1. The van der Waals surface area contributed by atoms with Gasteiger partial charge >= 0.3 is 0 Å². The summed E-state index contributed by atoms with van der Waals surface area (Å²) in [7, 11) is 0. The minimum atomic E-state index is -0.412. The van der Waals surface area contributed by atoms with Crippen LogP contribution in [0.1, 0.15) is 59.6 Å². The third-order valence-electron chi connectivity index (χ3n) is 5.47. The number of rotatable bonds is 4. The topological polar surface area (TPSA) is 62.0 Å². The van der Waals surface area contributed by atoms with E-state index < -0.39 is 5.91 Å². The summed E-state index contributed by atoms with van der Waals surface area (Å²) in [5.74, 6) is -0.0790. The van der Waals surface area contributed by atoms with Gasteiger partial charge in [-0.25, -0.2) is 0 Å². The molecule has 2 N–H and O–H groups in total. The van der Waals surface area contributed by atoms with Crippen molar-refractivity contribution >= 4 is 34.5 Å². The van der Waals surface area contributed by atoms with E-state index in [2.05, 4.69) is 10.3 Å². The largest absolute Gasteiger partial charge is 0.325 e. The van der Waals surface area contributed by atoms with E-state index in [1.807, 2.05) is 43.3 Å². The number of carbonyl (C=O) groups excluding carboxylic acids is 1. The molecule has 0 unspecified atom stereocenters. The summed E-state index contributed by atoms with van der Waals surface area (Å²) >= 11 is 7.52. The van der Waals surface area contributed by atoms with Crippen molar-refractivity contribution in [2.24, 2.45) is 0 Å². The van der Waals surface area contributed by atoms with Crippen LogP contribution in [0.15, 0.2) is 47.3 Å². The Morgan fingerprint density at radius 2 is 1.83 bits per heavy atom. The van der Waals surface area contributed by atoms with Crippen molar-refractivity contribution in [1.29, 1.82) is 0 Å². The zero-order valence-electron chi connectivity index (χ0n) is 16.3. The second-order valence-corrected chi connectivity index (χ2v) is 9.32.